The maximum Gasteiger partial charge on any atom is 0.134 e. The van der Waals surface area contributed by atoms with Crippen LogP contribution in [0.5, 0.6) is 0 Å². The molecule has 1 unspecified atom stereocenters. The molecule has 2 aromatic rings. The maximum atomic E-state index is 4.34. The van der Waals surface area contributed by atoms with Crippen LogP contribution < -0.4 is 16.0 Å². The molecule has 3 N–H and O–H groups in total. The van der Waals surface area contributed by atoms with Gasteiger partial charge in [0.15, 0.2) is 0 Å². The molecule has 0 radical (unpaired) electrons. The highest BCUT2D eigenvalue weighted by atomic mass is 15.0. The lowest BCUT2D eigenvalue weighted by Crippen LogP contribution is -2.16. The molecule has 1 saturated heterocycles. The van der Waals surface area contributed by atoms with Crippen molar-refractivity contribution in [2.45, 2.75) is 32.7 Å². The van der Waals surface area contributed by atoms with E-state index in [1.165, 1.54) is 24.9 Å². The van der Waals surface area contributed by atoms with E-state index >= 15 is 0 Å². The van der Waals surface area contributed by atoms with Crippen LogP contribution in [-0.4, -0.2) is 25.5 Å². The quantitative estimate of drug-likeness (QED) is 0.678. The molecular weight excluding hydrogens is 296 g/mol. The summed E-state index contributed by atoms with van der Waals surface area (Å²) in [4.78, 5) is 4.34. The van der Waals surface area contributed by atoms with Crippen LogP contribution >= 0.6 is 0 Å². The van der Waals surface area contributed by atoms with Crippen molar-refractivity contribution in [2.24, 2.45) is 4.99 Å². The zero-order valence-corrected chi connectivity index (χ0v) is 14.7. The molecular formula is C20H26N4. The van der Waals surface area contributed by atoms with E-state index in [1.807, 2.05) is 12.1 Å². The van der Waals surface area contributed by atoms with E-state index in [2.05, 4.69) is 65.1 Å². The normalized spacial score (nSPS) is 20.0. The Morgan fingerprint density at radius 2 is 1.83 bits per heavy atom. The van der Waals surface area contributed by atoms with Crippen molar-refractivity contribution in [2.75, 3.05) is 24.2 Å². The summed E-state index contributed by atoms with van der Waals surface area (Å²) in [5.74, 6) is 0.891. The van der Waals surface area contributed by atoms with Crippen molar-refractivity contribution in [1.29, 1.82) is 0 Å². The first kappa shape index (κ1) is 16.5. The van der Waals surface area contributed by atoms with Gasteiger partial charge in [-0.05, 0) is 63.1 Å². The molecule has 4 nitrogen and oxygen atoms in total. The van der Waals surface area contributed by atoms with E-state index in [4.69, 9.17) is 0 Å². The number of hydrogen-bond donors (Lipinski definition) is 3. The van der Waals surface area contributed by atoms with Gasteiger partial charge in [-0.15, -0.1) is 0 Å². The molecule has 0 spiro atoms. The molecule has 126 valence electrons. The fourth-order valence-corrected chi connectivity index (χ4v) is 3.04. The van der Waals surface area contributed by atoms with Gasteiger partial charge in [-0.2, -0.15) is 0 Å². The van der Waals surface area contributed by atoms with Crippen LogP contribution in [0.2, 0.25) is 0 Å². The van der Waals surface area contributed by atoms with Crippen molar-refractivity contribution in [3.63, 3.8) is 0 Å². The number of nitrogens with one attached hydrogen (secondary N) is 3. The zero-order chi connectivity index (χ0) is 16.9. The van der Waals surface area contributed by atoms with E-state index in [-0.39, 0.29) is 0 Å². The first-order valence-corrected chi connectivity index (χ1v) is 8.61. The van der Waals surface area contributed by atoms with Gasteiger partial charge in [0.25, 0.3) is 0 Å². The predicted octanol–water partition coefficient (Wildman–Crippen LogP) is 4.30. The molecule has 4 rings (SSSR count). The van der Waals surface area contributed by atoms with Crippen molar-refractivity contribution >= 4 is 22.9 Å². The van der Waals surface area contributed by atoms with Crippen LogP contribution in [0.3, 0.4) is 0 Å². The van der Waals surface area contributed by atoms with Gasteiger partial charge >= 0.3 is 0 Å². The van der Waals surface area contributed by atoms with Gasteiger partial charge in [-0.1, -0.05) is 18.2 Å². The number of fused-ring (bicyclic) bond motifs is 2. The van der Waals surface area contributed by atoms with E-state index in [0.717, 1.165) is 34.5 Å². The molecule has 0 amide bonds. The highest BCUT2D eigenvalue weighted by Crippen LogP contribution is 2.32. The van der Waals surface area contributed by atoms with Gasteiger partial charge in [-0.25, -0.2) is 0 Å². The number of para-hydroxylation sites is 1. The average molecular weight is 322 g/mol. The second-order valence-corrected chi connectivity index (χ2v) is 6.41. The summed E-state index contributed by atoms with van der Waals surface area (Å²) in [6, 6.07) is 15.3. The lowest BCUT2D eigenvalue weighted by Gasteiger charge is -2.09. The third kappa shape index (κ3) is 3.77. The van der Waals surface area contributed by atoms with Crippen molar-refractivity contribution in [1.82, 2.24) is 5.32 Å². The summed E-state index contributed by atoms with van der Waals surface area (Å²) in [6.45, 7) is 5.55. The van der Waals surface area contributed by atoms with Crippen molar-refractivity contribution in [3.8, 4) is 0 Å². The fraction of sp³-hybridized carbons (Fsp3) is 0.350. The highest BCUT2D eigenvalue weighted by Gasteiger charge is 2.16. The zero-order valence-electron chi connectivity index (χ0n) is 14.7. The van der Waals surface area contributed by atoms with Crippen LogP contribution in [0.25, 0.3) is 0 Å². The molecule has 2 aromatic carbocycles. The third-order valence-electron chi connectivity index (χ3n) is 4.41. The Morgan fingerprint density at radius 1 is 1.00 bits per heavy atom. The first-order chi connectivity index (χ1) is 11.7. The lowest BCUT2D eigenvalue weighted by atomic mass is 10.1. The van der Waals surface area contributed by atoms with E-state index in [0.29, 0.717) is 0 Å². The van der Waals surface area contributed by atoms with Crippen LogP contribution in [0.4, 0.5) is 17.1 Å². The number of aliphatic imine (C=N–C) groups is 1. The standard InChI is InChI=1S/C15H15N3.C5H11N/c1-10-7-8-13-14(9-10)18-15(16-2)11-5-3-4-6-12(11)17-13;1-5-3-2-4-6-5/h3-9,17H,1-2H3,(H,16,18);5-6H,2-4H2,1H3. The smallest absolute Gasteiger partial charge is 0.134 e. The fourth-order valence-electron chi connectivity index (χ4n) is 3.04. The Labute approximate surface area is 144 Å². The topological polar surface area (TPSA) is 48.5 Å². The number of hydrogen-bond acceptors (Lipinski definition) is 3. The molecule has 2 heterocycles. The second-order valence-electron chi connectivity index (χ2n) is 6.41. The Bertz CT molecular complexity index is 730. The van der Waals surface area contributed by atoms with Crippen molar-refractivity contribution < 1.29 is 0 Å². The van der Waals surface area contributed by atoms with Gasteiger partial charge in [0, 0.05) is 24.3 Å². The SMILES string of the molecule is CC1CCCN1.CN=C1Nc2cc(C)ccc2Nc2ccccc21. The number of rotatable bonds is 0. The molecule has 1 atom stereocenters. The number of benzene rings is 2. The van der Waals surface area contributed by atoms with E-state index < -0.39 is 0 Å². The van der Waals surface area contributed by atoms with Crippen LogP contribution in [0, 0.1) is 6.92 Å². The Kier molecular flexibility index (Phi) is 5.16. The summed E-state index contributed by atoms with van der Waals surface area (Å²) in [5.41, 5.74) is 5.53. The van der Waals surface area contributed by atoms with Gasteiger partial charge in [0.2, 0.25) is 0 Å². The molecule has 2 aliphatic heterocycles. The maximum absolute atomic E-state index is 4.34. The number of amidine groups is 1. The molecule has 2 aliphatic rings. The van der Waals surface area contributed by atoms with Gasteiger partial charge < -0.3 is 16.0 Å². The van der Waals surface area contributed by atoms with E-state index in [1.54, 1.807) is 7.05 Å². The predicted molar refractivity (Wildman–Crippen MR) is 104 cm³/mol. The Morgan fingerprint density at radius 3 is 2.50 bits per heavy atom. The van der Waals surface area contributed by atoms with Crippen LogP contribution in [0.1, 0.15) is 30.9 Å². The summed E-state index contributed by atoms with van der Waals surface area (Å²) in [5, 5.41) is 10.2. The minimum atomic E-state index is 0.796. The van der Waals surface area contributed by atoms with Crippen LogP contribution in [-0.2, 0) is 0 Å². The van der Waals surface area contributed by atoms with Crippen LogP contribution in [0.15, 0.2) is 47.5 Å². The Hall–Kier alpha value is -2.33. The minimum absolute atomic E-state index is 0.796. The largest absolute Gasteiger partial charge is 0.353 e. The number of aryl methyl sites for hydroxylation is 1. The van der Waals surface area contributed by atoms with E-state index in [9.17, 15) is 0 Å². The van der Waals surface area contributed by atoms with Crippen molar-refractivity contribution in [3.05, 3.63) is 53.6 Å². The second kappa shape index (κ2) is 7.49. The average Bonchev–Trinajstić information content (AvgIpc) is 3.00. The molecule has 4 heteroatoms. The first-order valence-electron chi connectivity index (χ1n) is 8.61. The summed E-state index contributed by atoms with van der Waals surface area (Å²) >= 11 is 0. The monoisotopic (exact) mass is 322 g/mol. The van der Waals surface area contributed by atoms with Gasteiger partial charge in [-0.3, -0.25) is 4.99 Å². The van der Waals surface area contributed by atoms with Gasteiger partial charge in [0.1, 0.15) is 5.84 Å². The molecule has 24 heavy (non-hydrogen) atoms. The molecule has 0 saturated carbocycles. The third-order valence-corrected chi connectivity index (χ3v) is 4.41. The Balaban J connectivity index is 0.000000238. The summed E-state index contributed by atoms with van der Waals surface area (Å²) < 4.78 is 0. The summed E-state index contributed by atoms with van der Waals surface area (Å²) in [7, 11) is 1.81. The number of anilines is 3. The minimum Gasteiger partial charge on any atom is -0.353 e. The molecule has 1 fully saturated rings. The highest BCUT2D eigenvalue weighted by molar-refractivity contribution is 6.15. The molecule has 0 aromatic heterocycles. The molecule has 0 aliphatic carbocycles. The summed E-state index contributed by atoms with van der Waals surface area (Å²) in [6.07, 6.45) is 2.75. The molecule has 0 bridgehead atoms. The number of nitrogens with zero attached hydrogens (tertiary/aromatic N) is 1. The lowest BCUT2D eigenvalue weighted by molar-refractivity contribution is 0.664. The van der Waals surface area contributed by atoms with Gasteiger partial charge in [0.05, 0.1) is 11.4 Å².